The lowest BCUT2D eigenvalue weighted by atomic mass is 10.2. The van der Waals surface area contributed by atoms with E-state index in [0.29, 0.717) is 22.9 Å². The van der Waals surface area contributed by atoms with Crippen LogP contribution in [0.5, 0.6) is 0 Å². The highest BCUT2D eigenvalue weighted by Crippen LogP contribution is 2.22. The monoisotopic (exact) mass is 390 g/mol. The predicted octanol–water partition coefficient (Wildman–Crippen LogP) is 3.99. The molecule has 0 saturated carbocycles. The Bertz CT molecular complexity index is 835. The van der Waals surface area contributed by atoms with Gasteiger partial charge in [-0.3, -0.25) is 14.5 Å². The van der Waals surface area contributed by atoms with Crippen LogP contribution >= 0.6 is 27.5 Å². The van der Waals surface area contributed by atoms with E-state index >= 15 is 0 Å². The highest BCUT2D eigenvalue weighted by Gasteiger charge is 2.12. The lowest BCUT2D eigenvalue weighted by Gasteiger charge is -2.05. The van der Waals surface area contributed by atoms with Crippen LogP contribution in [0.2, 0.25) is 5.02 Å². The summed E-state index contributed by atoms with van der Waals surface area (Å²) in [7, 11) is 0. The van der Waals surface area contributed by atoms with Crippen LogP contribution in [-0.2, 0) is 6.54 Å². The lowest BCUT2D eigenvalue weighted by molar-refractivity contribution is 0.102. The van der Waals surface area contributed by atoms with Crippen LogP contribution in [0, 0.1) is 0 Å². The average Bonchev–Trinajstić information content (AvgIpc) is 2.97. The maximum absolute atomic E-state index is 12.3. The average molecular weight is 392 g/mol. The maximum Gasteiger partial charge on any atom is 0.258 e. The third-order valence-corrected chi connectivity index (χ3v) is 3.97. The number of carbonyl (C=O) groups excluding carboxylic acids is 1. The second kappa shape index (κ2) is 6.93. The highest BCUT2D eigenvalue weighted by atomic mass is 79.9. The van der Waals surface area contributed by atoms with E-state index in [-0.39, 0.29) is 5.91 Å². The first-order valence-electron chi connectivity index (χ1n) is 6.80. The van der Waals surface area contributed by atoms with Gasteiger partial charge in [-0.25, -0.2) is 0 Å². The first kappa shape index (κ1) is 15.7. The quantitative estimate of drug-likeness (QED) is 0.731. The zero-order chi connectivity index (χ0) is 16.2. The molecule has 7 heteroatoms. The molecule has 0 bridgehead atoms. The van der Waals surface area contributed by atoms with E-state index in [4.69, 9.17) is 11.6 Å². The van der Waals surface area contributed by atoms with E-state index in [2.05, 4.69) is 31.3 Å². The molecular weight excluding hydrogens is 380 g/mol. The molecule has 23 heavy (non-hydrogen) atoms. The summed E-state index contributed by atoms with van der Waals surface area (Å²) >= 11 is 9.38. The van der Waals surface area contributed by atoms with Crippen molar-refractivity contribution in [1.82, 2.24) is 14.8 Å². The molecule has 0 aliphatic carbocycles. The Morgan fingerprint density at radius 3 is 2.78 bits per heavy atom. The molecule has 0 saturated heterocycles. The molecule has 3 aromatic rings. The van der Waals surface area contributed by atoms with Crippen LogP contribution in [-0.4, -0.2) is 20.7 Å². The molecule has 2 aromatic heterocycles. The summed E-state index contributed by atoms with van der Waals surface area (Å²) in [4.78, 5) is 16.3. The van der Waals surface area contributed by atoms with Gasteiger partial charge in [0.1, 0.15) is 0 Å². The van der Waals surface area contributed by atoms with Crippen molar-refractivity contribution in [3.8, 4) is 0 Å². The second-order valence-corrected chi connectivity index (χ2v) is 6.16. The molecule has 2 heterocycles. The van der Waals surface area contributed by atoms with Gasteiger partial charge in [0.25, 0.3) is 5.91 Å². The van der Waals surface area contributed by atoms with Gasteiger partial charge >= 0.3 is 0 Å². The minimum absolute atomic E-state index is 0.300. The van der Waals surface area contributed by atoms with Gasteiger partial charge in [0, 0.05) is 29.1 Å². The van der Waals surface area contributed by atoms with E-state index in [1.54, 1.807) is 47.5 Å². The summed E-state index contributed by atoms with van der Waals surface area (Å²) < 4.78 is 2.53. The van der Waals surface area contributed by atoms with Gasteiger partial charge < -0.3 is 5.32 Å². The molecule has 3 rings (SSSR count). The van der Waals surface area contributed by atoms with Gasteiger partial charge in [0.2, 0.25) is 0 Å². The number of pyridine rings is 1. The Balaban J connectivity index is 1.71. The fourth-order valence-corrected chi connectivity index (χ4v) is 2.61. The molecule has 1 aromatic carbocycles. The molecule has 0 fully saturated rings. The zero-order valence-corrected chi connectivity index (χ0v) is 14.3. The van der Waals surface area contributed by atoms with E-state index in [0.717, 1.165) is 10.0 Å². The van der Waals surface area contributed by atoms with Crippen molar-refractivity contribution in [2.45, 2.75) is 6.54 Å². The van der Waals surface area contributed by atoms with Gasteiger partial charge in [-0.1, -0.05) is 27.5 Å². The number of benzene rings is 1. The number of carbonyl (C=O) groups is 1. The number of nitrogens with one attached hydrogen (secondary N) is 1. The molecule has 0 unspecified atom stereocenters. The Morgan fingerprint density at radius 2 is 2.00 bits per heavy atom. The predicted molar refractivity (Wildman–Crippen MR) is 92.7 cm³/mol. The normalized spacial score (nSPS) is 10.5. The Morgan fingerprint density at radius 1 is 1.22 bits per heavy atom. The van der Waals surface area contributed by atoms with Crippen LogP contribution < -0.4 is 5.32 Å². The van der Waals surface area contributed by atoms with Crippen LogP contribution in [0.15, 0.2) is 59.5 Å². The number of aromatic nitrogens is 3. The van der Waals surface area contributed by atoms with Crippen LogP contribution in [0.4, 0.5) is 5.82 Å². The van der Waals surface area contributed by atoms with Gasteiger partial charge in [-0.15, -0.1) is 0 Å². The van der Waals surface area contributed by atoms with Crippen molar-refractivity contribution < 1.29 is 4.79 Å². The molecule has 1 N–H and O–H groups in total. The number of hydrogen-bond donors (Lipinski definition) is 1. The molecule has 0 aliphatic rings. The lowest BCUT2D eigenvalue weighted by Crippen LogP contribution is -2.13. The van der Waals surface area contributed by atoms with Crippen molar-refractivity contribution >= 4 is 39.3 Å². The SMILES string of the molecule is O=C(Nc1ccn(Cc2ccncc2)n1)c1cc(Br)ccc1Cl. The number of hydrogen-bond acceptors (Lipinski definition) is 3. The van der Waals surface area contributed by atoms with E-state index in [1.807, 2.05) is 12.1 Å². The Hall–Kier alpha value is -2.18. The van der Waals surface area contributed by atoms with Crippen LogP contribution in [0.1, 0.15) is 15.9 Å². The molecule has 1 amide bonds. The smallest absolute Gasteiger partial charge is 0.258 e. The number of halogens is 2. The zero-order valence-electron chi connectivity index (χ0n) is 11.9. The second-order valence-electron chi connectivity index (χ2n) is 4.83. The summed E-state index contributed by atoms with van der Waals surface area (Å²) in [6, 6.07) is 10.7. The fraction of sp³-hybridized carbons (Fsp3) is 0.0625. The first-order chi connectivity index (χ1) is 11.1. The Kier molecular flexibility index (Phi) is 4.73. The number of nitrogens with zero attached hydrogens (tertiary/aromatic N) is 3. The third-order valence-electron chi connectivity index (χ3n) is 3.15. The minimum Gasteiger partial charge on any atom is -0.305 e. The highest BCUT2D eigenvalue weighted by molar-refractivity contribution is 9.10. The van der Waals surface area contributed by atoms with Crippen molar-refractivity contribution in [2.75, 3.05) is 5.32 Å². The molecule has 0 radical (unpaired) electrons. The maximum atomic E-state index is 12.3. The molecule has 116 valence electrons. The van der Waals surface area contributed by atoms with Crippen molar-refractivity contribution in [3.05, 3.63) is 75.6 Å². The molecule has 0 spiro atoms. The van der Waals surface area contributed by atoms with E-state index in [9.17, 15) is 4.79 Å². The standard InChI is InChI=1S/C16H12BrClN4O/c17-12-1-2-14(18)13(9-12)16(23)20-15-5-8-22(21-15)10-11-3-6-19-7-4-11/h1-9H,10H2,(H,20,21,23). The molecular formula is C16H12BrClN4O. The number of anilines is 1. The summed E-state index contributed by atoms with van der Waals surface area (Å²) in [5, 5.41) is 7.47. The van der Waals surface area contributed by atoms with Gasteiger partial charge in [-0.2, -0.15) is 5.10 Å². The van der Waals surface area contributed by atoms with Crippen LogP contribution in [0.25, 0.3) is 0 Å². The summed E-state index contributed by atoms with van der Waals surface area (Å²) in [6.45, 7) is 0.607. The molecule has 5 nitrogen and oxygen atoms in total. The summed E-state index contributed by atoms with van der Waals surface area (Å²) in [5.41, 5.74) is 1.47. The fourth-order valence-electron chi connectivity index (χ4n) is 2.05. The largest absolute Gasteiger partial charge is 0.305 e. The number of rotatable bonds is 4. The van der Waals surface area contributed by atoms with Gasteiger partial charge in [0.15, 0.2) is 5.82 Å². The van der Waals surface area contributed by atoms with E-state index in [1.165, 1.54) is 0 Å². The van der Waals surface area contributed by atoms with Crippen molar-refractivity contribution in [2.24, 2.45) is 0 Å². The van der Waals surface area contributed by atoms with E-state index < -0.39 is 0 Å². The topological polar surface area (TPSA) is 59.8 Å². The van der Waals surface area contributed by atoms with Gasteiger partial charge in [-0.05, 0) is 35.9 Å². The van der Waals surface area contributed by atoms with Crippen molar-refractivity contribution in [3.63, 3.8) is 0 Å². The summed E-state index contributed by atoms with van der Waals surface area (Å²) in [5.74, 6) is 0.172. The first-order valence-corrected chi connectivity index (χ1v) is 7.98. The molecule has 0 aliphatic heterocycles. The molecule has 0 atom stereocenters. The van der Waals surface area contributed by atoms with Gasteiger partial charge in [0.05, 0.1) is 17.1 Å². The minimum atomic E-state index is -0.300. The third kappa shape index (κ3) is 3.97. The Labute approximate surface area is 146 Å². The van der Waals surface area contributed by atoms with Crippen LogP contribution in [0.3, 0.4) is 0 Å². The van der Waals surface area contributed by atoms with Crippen molar-refractivity contribution in [1.29, 1.82) is 0 Å². The summed E-state index contributed by atoms with van der Waals surface area (Å²) in [6.07, 6.45) is 5.27. The number of amides is 1.